The number of nitrogens with zero attached hydrogens (tertiary/aromatic N) is 5. The minimum absolute atomic E-state index is 0.0505. The molecule has 0 atom stereocenters. The van der Waals surface area contributed by atoms with Crippen molar-refractivity contribution < 1.29 is 14.3 Å². The number of anilines is 3. The van der Waals surface area contributed by atoms with Gasteiger partial charge in [0, 0.05) is 44.9 Å². The van der Waals surface area contributed by atoms with Crippen LogP contribution < -0.4 is 16.4 Å². The summed E-state index contributed by atoms with van der Waals surface area (Å²) in [4.78, 5) is 34.0. The van der Waals surface area contributed by atoms with Crippen molar-refractivity contribution in [3.63, 3.8) is 0 Å². The number of rotatable bonds is 11. The average Bonchev–Trinajstić information content (AvgIpc) is 2.97. The highest BCUT2D eigenvalue weighted by Crippen LogP contribution is 2.23. The van der Waals surface area contributed by atoms with E-state index in [9.17, 15) is 9.59 Å². The van der Waals surface area contributed by atoms with Crippen molar-refractivity contribution in [2.24, 2.45) is 11.7 Å². The quantitative estimate of drug-likeness (QED) is 0.209. The van der Waals surface area contributed by atoms with E-state index in [2.05, 4.69) is 38.5 Å². The van der Waals surface area contributed by atoms with Crippen molar-refractivity contribution in [3.05, 3.63) is 53.7 Å². The first-order valence-corrected chi connectivity index (χ1v) is 13.9. The molecule has 1 aliphatic carbocycles. The first kappa shape index (κ1) is 33.8. The molecule has 1 aliphatic rings. The molecule has 0 bridgehead atoms. The maximum absolute atomic E-state index is 11.3. The maximum Gasteiger partial charge on any atom is 0.246 e. The van der Waals surface area contributed by atoms with Crippen LogP contribution >= 0.6 is 0 Å². The second-order valence-electron chi connectivity index (χ2n) is 10.1. The third-order valence-corrected chi connectivity index (χ3v) is 6.15. The molecule has 0 saturated heterocycles. The van der Waals surface area contributed by atoms with Crippen LogP contribution in [0.3, 0.4) is 0 Å². The molecule has 0 aliphatic heterocycles. The molecule has 224 valence electrons. The Bertz CT molecular complexity index is 1290. The lowest BCUT2D eigenvalue weighted by Crippen LogP contribution is -2.34. The smallest absolute Gasteiger partial charge is 0.246 e. The number of primary amides is 1. The molecule has 0 unspecified atom stereocenters. The summed E-state index contributed by atoms with van der Waals surface area (Å²) < 4.78 is 5.12. The molecule has 42 heavy (non-hydrogen) atoms. The number of ether oxygens (including phenoxy) is 1. The molecule has 1 aromatic heterocycles. The van der Waals surface area contributed by atoms with Crippen LogP contribution in [0.25, 0.3) is 0 Å². The van der Waals surface area contributed by atoms with Crippen LogP contribution in [0.15, 0.2) is 42.6 Å². The molecule has 1 heterocycles. The Hall–Kier alpha value is -4.45. The van der Waals surface area contributed by atoms with Gasteiger partial charge in [0.2, 0.25) is 17.8 Å². The van der Waals surface area contributed by atoms with Crippen molar-refractivity contribution in [1.82, 2.24) is 19.8 Å². The van der Waals surface area contributed by atoms with E-state index < -0.39 is 5.91 Å². The second kappa shape index (κ2) is 18.8. The number of hydrogen-bond acceptors (Lipinski definition) is 9. The normalized spacial score (nSPS) is 12.9. The van der Waals surface area contributed by atoms with Gasteiger partial charge in [-0.3, -0.25) is 9.59 Å². The lowest BCUT2D eigenvalue weighted by atomic mass is 9.90. The predicted molar refractivity (Wildman–Crippen MR) is 165 cm³/mol. The molecule has 0 radical (unpaired) electrons. The molecule has 11 heteroatoms. The fourth-order valence-electron chi connectivity index (χ4n) is 3.97. The molecule has 1 fully saturated rings. The lowest BCUT2D eigenvalue weighted by molar-refractivity contribution is -0.129. The first-order chi connectivity index (χ1) is 20.2. The number of carbonyl (C=O) groups excluding carboxylic acids is 2. The van der Waals surface area contributed by atoms with Crippen molar-refractivity contribution >= 4 is 29.3 Å². The number of nitriles is 1. The van der Waals surface area contributed by atoms with Gasteiger partial charge in [0.25, 0.3) is 0 Å². The number of aromatic nitrogens is 2. The molecule has 11 nitrogen and oxygen atoms in total. The van der Waals surface area contributed by atoms with E-state index in [-0.39, 0.29) is 12.5 Å². The largest absolute Gasteiger partial charge is 0.383 e. The van der Waals surface area contributed by atoms with Gasteiger partial charge in [-0.25, -0.2) is 4.98 Å². The monoisotopic (exact) mass is 574 g/mol. The summed E-state index contributed by atoms with van der Waals surface area (Å²) in [7, 11) is 7.01. The Morgan fingerprint density at radius 1 is 1.21 bits per heavy atom. The molecular weight excluding hydrogens is 532 g/mol. The van der Waals surface area contributed by atoms with E-state index in [1.807, 2.05) is 31.1 Å². The van der Waals surface area contributed by atoms with Crippen molar-refractivity contribution in [1.29, 1.82) is 5.26 Å². The summed E-state index contributed by atoms with van der Waals surface area (Å²) in [5.74, 6) is 7.55. The molecule has 4 N–H and O–H groups in total. The molecule has 2 amide bonds. The summed E-state index contributed by atoms with van der Waals surface area (Å²) in [5.41, 5.74) is 7.08. The van der Waals surface area contributed by atoms with Gasteiger partial charge in [-0.05, 0) is 45.1 Å². The summed E-state index contributed by atoms with van der Waals surface area (Å²) in [6, 6.07) is 9.35. The van der Waals surface area contributed by atoms with E-state index in [4.69, 9.17) is 15.7 Å². The summed E-state index contributed by atoms with van der Waals surface area (Å²) in [6.45, 7) is 1.85. The molecule has 1 saturated carbocycles. The van der Waals surface area contributed by atoms with Crippen molar-refractivity contribution in [2.45, 2.75) is 32.1 Å². The van der Waals surface area contributed by atoms with Crippen LogP contribution in [0, 0.1) is 29.1 Å². The van der Waals surface area contributed by atoms with Crippen LogP contribution in [0.4, 0.5) is 17.5 Å². The Morgan fingerprint density at radius 2 is 1.98 bits per heavy atom. The van der Waals surface area contributed by atoms with Crippen LogP contribution in [-0.2, 0) is 14.3 Å². The van der Waals surface area contributed by atoms with Crippen molar-refractivity contribution in [3.8, 4) is 17.9 Å². The fraction of sp³-hybridized carbons (Fsp3) is 0.452. The number of benzene rings is 1. The Morgan fingerprint density at radius 3 is 2.64 bits per heavy atom. The van der Waals surface area contributed by atoms with Crippen LogP contribution in [-0.4, -0.2) is 86.1 Å². The number of nitrogens with one attached hydrogen (secondary N) is 2. The number of hydrogen-bond donors (Lipinski definition) is 3. The fourth-order valence-corrected chi connectivity index (χ4v) is 3.97. The summed E-state index contributed by atoms with van der Waals surface area (Å²) in [6.07, 6.45) is 11.1. The van der Waals surface area contributed by atoms with Gasteiger partial charge in [-0.15, -0.1) is 0 Å². The van der Waals surface area contributed by atoms with Gasteiger partial charge in [0.1, 0.15) is 5.82 Å². The minimum atomic E-state index is -0.512. The van der Waals surface area contributed by atoms with E-state index >= 15 is 0 Å². The molecular formula is C31H42N8O3. The molecule has 3 rings (SSSR count). The third-order valence-electron chi connectivity index (χ3n) is 6.15. The van der Waals surface area contributed by atoms with E-state index in [0.29, 0.717) is 42.9 Å². The number of nitrogens with two attached hydrogens (primary N) is 1. The SMILES string of the molecule is CN(C)C/C=C/C(=O)N(C)CC(N)=O.COCCNc1nc(Nc2cccc(C#N)c2)ncc1C#CC1CCCCC1. The maximum atomic E-state index is 11.3. The number of methoxy groups -OCH3 is 1. The van der Waals surface area contributed by atoms with Gasteiger partial charge < -0.3 is 30.9 Å². The Balaban J connectivity index is 0.000000374. The van der Waals surface area contributed by atoms with Gasteiger partial charge >= 0.3 is 0 Å². The second-order valence-corrected chi connectivity index (χ2v) is 10.1. The molecule has 0 spiro atoms. The summed E-state index contributed by atoms with van der Waals surface area (Å²) >= 11 is 0. The zero-order chi connectivity index (χ0) is 30.7. The highest BCUT2D eigenvalue weighted by Gasteiger charge is 2.11. The molecule has 2 aromatic rings. The lowest BCUT2D eigenvalue weighted by Gasteiger charge is -2.15. The number of amides is 2. The average molecular weight is 575 g/mol. The van der Waals surface area contributed by atoms with E-state index in [1.54, 1.807) is 31.5 Å². The van der Waals surface area contributed by atoms with Crippen molar-refractivity contribution in [2.75, 3.05) is 65.1 Å². The first-order valence-electron chi connectivity index (χ1n) is 13.9. The Kier molecular flexibility index (Phi) is 15.1. The number of likely N-dealkylation sites (N-methyl/N-ethyl adjacent to an activating group) is 2. The zero-order valence-electron chi connectivity index (χ0n) is 25.0. The van der Waals surface area contributed by atoms with E-state index in [1.165, 1.54) is 50.1 Å². The van der Waals surface area contributed by atoms with Gasteiger partial charge in [0.15, 0.2) is 0 Å². The van der Waals surface area contributed by atoms with Gasteiger partial charge in [-0.2, -0.15) is 10.2 Å². The van der Waals surface area contributed by atoms with Crippen LogP contribution in [0.1, 0.15) is 43.2 Å². The number of carbonyl (C=O) groups is 2. The van der Waals surface area contributed by atoms with E-state index in [0.717, 1.165) is 11.3 Å². The highest BCUT2D eigenvalue weighted by molar-refractivity contribution is 5.90. The minimum Gasteiger partial charge on any atom is -0.383 e. The topological polar surface area (TPSA) is 150 Å². The van der Waals surface area contributed by atoms with Crippen LogP contribution in [0.5, 0.6) is 0 Å². The predicted octanol–water partition coefficient (Wildman–Crippen LogP) is 3.13. The van der Waals surface area contributed by atoms with Crippen LogP contribution in [0.2, 0.25) is 0 Å². The third kappa shape index (κ3) is 13.3. The summed E-state index contributed by atoms with van der Waals surface area (Å²) in [5, 5.41) is 15.5. The van der Waals surface area contributed by atoms with Gasteiger partial charge in [-0.1, -0.05) is 43.2 Å². The van der Waals surface area contributed by atoms with Gasteiger partial charge in [0.05, 0.1) is 36.5 Å². The zero-order valence-corrected chi connectivity index (χ0v) is 25.0. The molecule has 1 aromatic carbocycles. The Labute approximate surface area is 249 Å². The standard InChI is InChI=1S/C22H25N5O.C9H17N3O2/c1-28-13-12-24-21-19(11-10-17-6-3-2-4-7-17)16-25-22(27-21)26-20-9-5-8-18(14-20)15-23;1-11(2)6-4-5-9(14)12(3)7-8(10)13/h5,8-9,14,16-17H,2-4,6-7,12-13H2,1H3,(H2,24,25,26,27);4-5H,6-7H2,1-3H3,(H2,10,13)/b;5-4+. The highest BCUT2D eigenvalue weighted by atomic mass is 16.5.